The summed E-state index contributed by atoms with van der Waals surface area (Å²) in [5.74, 6) is 0.196. The zero-order valence-corrected chi connectivity index (χ0v) is 13.7. The molecule has 1 aliphatic heterocycles. The number of nitrogens with zero attached hydrogens (tertiary/aromatic N) is 3. The number of aryl methyl sites for hydroxylation is 2. The Morgan fingerprint density at radius 1 is 1.39 bits per heavy atom. The Morgan fingerprint density at radius 2 is 2.22 bits per heavy atom. The van der Waals surface area contributed by atoms with Gasteiger partial charge in [-0.15, -0.1) is 0 Å². The second-order valence-electron chi connectivity index (χ2n) is 6.10. The first-order chi connectivity index (χ1) is 11.2. The Kier molecular flexibility index (Phi) is 4.76. The second kappa shape index (κ2) is 6.96. The highest BCUT2D eigenvalue weighted by molar-refractivity contribution is 5.76. The number of rotatable bonds is 5. The molecule has 1 amide bonds. The van der Waals surface area contributed by atoms with E-state index in [1.54, 1.807) is 7.11 Å². The van der Waals surface area contributed by atoms with Crippen LogP contribution < -0.4 is 0 Å². The highest BCUT2D eigenvalue weighted by atomic mass is 16.5. The van der Waals surface area contributed by atoms with Crippen molar-refractivity contribution in [3.63, 3.8) is 0 Å². The van der Waals surface area contributed by atoms with Crippen LogP contribution in [0.2, 0.25) is 0 Å². The zero-order chi connectivity index (χ0) is 16.2. The number of hydrogen-bond acceptors (Lipinski definition) is 3. The molecule has 0 saturated carbocycles. The van der Waals surface area contributed by atoms with Crippen LogP contribution in [0, 0.1) is 6.92 Å². The van der Waals surface area contributed by atoms with Crippen LogP contribution in [0.1, 0.15) is 29.3 Å². The number of benzene rings is 1. The fourth-order valence-electron chi connectivity index (χ4n) is 3.19. The van der Waals surface area contributed by atoms with Gasteiger partial charge < -0.3 is 14.2 Å². The predicted molar refractivity (Wildman–Crippen MR) is 88.1 cm³/mol. The van der Waals surface area contributed by atoms with Crippen LogP contribution in [0.4, 0.5) is 0 Å². The summed E-state index contributed by atoms with van der Waals surface area (Å²) in [7, 11) is 1.69. The van der Waals surface area contributed by atoms with Gasteiger partial charge in [-0.05, 0) is 24.5 Å². The minimum atomic E-state index is 0.147. The van der Waals surface area contributed by atoms with Gasteiger partial charge in [-0.25, -0.2) is 4.98 Å². The first kappa shape index (κ1) is 15.7. The Bertz CT molecular complexity index is 680. The lowest BCUT2D eigenvalue weighted by molar-refractivity contribution is -0.133. The summed E-state index contributed by atoms with van der Waals surface area (Å²) in [6.07, 6.45) is 4.99. The number of amides is 1. The fourth-order valence-corrected chi connectivity index (χ4v) is 3.19. The summed E-state index contributed by atoms with van der Waals surface area (Å²) in [6.45, 7) is 4.00. The zero-order valence-electron chi connectivity index (χ0n) is 13.7. The van der Waals surface area contributed by atoms with Crippen LogP contribution in [-0.2, 0) is 22.5 Å². The molecule has 23 heavy (non-hydrogen) atoms. The van der Waals surface area contributed by atoms with Crippen molar-refractivity contribution in [1.82, 2.24) is 14.5 Å². The molecular formula is C18H23N3O2. The van der Waals surface area contributed by atoms with Crippen LogP contribution in [0.15, 0.2) is 36.8 Å². The molecule has 0 bridgehead atoms. The van der Waals surface area contributed by atoms with Gasteiger partial charge in [0.2, 0.25) is 5.91 Å². The van der Waals surface area contributed by atoms with Gasteiger partial charge in [0, 0.05) is 26.3 Å². The van der Waals surface area contributed by atoms with Crippen molar-refractivity contribution >= 4 is 5.91 Å². The Balaban J connectivity index is 1.65. The third-order valence-corrected chi connectivity index (χ3v) is 4.50. The molecule has 0 saturated heterocycles. The van der Waals surface area contributed by atoms with E-state index in [0.29, 0.717) is 26.1 Å². The third kappa shape index (κ3) is 3.45. The maximum absolute atomic E-state index is 12.6. The quantitative estimate of drug-likeness (QED) is 0.851. The van der Waals surface area contributed by atoms with Gasteiger partial charge in [-0.2, -0.15) is 0 Å². The van der Waals surface area contributed by atoms with Gasteiger partial charge in [0.1, 0.15) is 0 Å². The first-order valence-electron chi connectivity index (χ1n) is 8.01. The second-order valence-corrected chi connectivity index (χ2v) is 6.10. The minimum absolute atomic E-state index is 0.147. The van der Waals surface area contributed by atoms with Crippen LogP contribution >= 0.6 is 0 Å². The summed E-state index contributed by atoms with van der Waals surface area (Å²) in [5.41, 5.74) is 3.56. The van der Waals surface area contributed by atoms with E-state index in [9.17, 15) is 4.79 Å². The van der Waals surface area contributed by atoms with Gasteiger partial charge in [0.05, 0.1) is 31.2 Å². The summed E-state index contributed by atoms with van der Waals surface area (Å²) in [4.78, 5) is 18.8. The number of hydrogen-bond donors (Lipinski definition) is 0. The average Bonchev–Trinajstić information content (AvgIpc) is 3.03. The molecule has 1 unspecified atom stereocenters. The Hall–Kier alpha value is -2.14. The van der Waals surface area contributed by atoms with E-state index in [1.807, 2.05) is 29.6 Å². The van der Waals surface area contributed by atoms with Gasteiger partial charge in [0.15, 0.2) is 0 Å². The average molecular weight is 313 g/mol. The molecule has 122 valence electrons. The maximum Gasteiger partial charge on any atom is 0.223 e. The van der Waals surface area contributed by atoms with E-state index in [-0.39, 0.29) is 11.9 Å². The lowest BCUT2D eigenvalue weighted by atomic mass is 10.0. The SMILES string of the molecule is COCC1CN(C(=O)CCc2ccccc2C)Cc2cncn21. The van der Waals surface area contributed by atoms with Gasteiger partial charge >= 0.3 is 0 Å². The molecule has 1 aromatic carbocycles. The molecule has 5 heteroatoms. The summed E-state index contributed by atoms with van der Waals surface area (Å²) < 4.78 is 7.41. The van der Waals surface area contributed by atoms with Crippen LogP contribution in [-0.4, -0.2) is 40.6 Å². The molecule has 0 aliphatic carbocycles. The number of ether oxygens (including phenoxy) is 1. The van der Waals surface area contributed by atoms with Crippen molar-refractivity contribution in [2.24, 2.45) is 0 Å². The van der Waals surface area contributed by atoms with Crippen LogP contribution in [0.25, 0.3) is 0 Å². The smallest absolute Gasteiger partial charge is 0.223 e. The van der Waals surface area contributed by atoms with Crippen molar-refractivity contribution in [2.75, 3.05) is 20.3 Å². The van der Waals surface area contributed by atoms with E-state index in [1.165, 1.54) is 11.1 Å². The number of carbonyl (C=O) groups is 1. The molecule has 0 spiro atoms. The van der Waals surface area contributed by atoms with E-state index >= 15 is 0 Å². The highest BCUT2D eigenvalue weighted by Gasteiger charge is 2.27. The molecule has 2 heterocycles. The number of imidazole rings is 1. The predicted octanol–water partition coefficient (Wildman–Crippen LogP) is 2.35. The lowest BCUT2D eigenvalue weighted by Crippen LogP contribution is -2.42. The van der Waals surface area contributed by atoms with E-state index in [4.69, 9.17) is 4.74 Å². The molecule has 0 fully saturated rings. The molecular weight excluding hydrogens is 290 g/mol. The molecule has 1 aliphatic rings. The molecule has 2 aromatic rings. The minimum Gasteiger partial charge on any atom is -0.382 e. The summed E-state index contributed by atoms with van der Waals surface area (Å²) in [5, 5.41) is 0. The fraction of sp³-hybridized carbons (Fsp3) is 0.444. The largest absolute Gasteiger partial charge is 0.382 e. The Labute approximate surface area is 136 Å². The molecule has 3 rings (SSSR count). The van der Waals surface area contributed by atoms with Gasteiger partial charge in [0.25, 0.3) is 0 Å². The van der Waals surface area contributed by atoms with Gasteiger partial charge in [-0.3, -0.25) is 4.79 Å². The van der Waals surface area contributed by atoms with E-state index < -0.39 is 0 Å². The molecule has 0 N–H and O–H groups in total. The Morgan fingerprint density at radius 3 is 3.00 bits per heavy atom. The lowest BCUT2D eigenvalue weighted by Gasteiger charge is -2.34. The normalized spacial score (nSPS) is 17.1. The molecule has 1 aromatic heterocycles. The molecule has 1 atom stereocenters. The van der Waals surface area contributed by atoms with Crippen molar-refractivity contribution in [3.05, 3.63) is 53.6 Å². The van der Waals surface area contributed by atoms with E-state index in [0.717, 1.165) is 12.1 Å². The maximum atomic E-state index is 12.6. The van der Waals surface area contributed by atoms with Crippen molar-refractivity contribution in [2.45, 2.75) is 32.4 Å². The van der Waals surface area contributed by atoms with E-state index in [2.05, 4.69) is 28.6 Å². The highest BCUT2D eigenvalue weighted by Crippen LogP contribution is 2.22. The number of carbonyl (C=O) groups excluding carboxylic acids is 1. The molecule has 0 radical (unpaired) electrons. The van der Waals surface area contributed by atoms with Crippen molar-refractivity contribution in [1.29, 1.82) is 0 Å². The number of aromatic nitrogens is 2. The number of fused-ring (bicyclic) bond motifs is 1. The standard InChI is InChI=1S/C18H23N3O2/c1-14-5-3-4-6-15(14)7-8-18(22)20-10-16-9-19-13-21(16)17(11-20)12-23-2/h3-6,9,13,17H,7-8,10-12H2,1-2H3. The molecule has 5 nitrogen and oxygen atoms in total. The van der Waals surface area contributed by atoms with Crippen LogP contribution in [0.3, 0.4) is 0 Å². The van der Waals surface area contributed by atoms with Gasteiger partial charge in [-0.1, -0.05) is 24.3 Å². The topological polar surface area (TPSA) is 47.4 Å². The summed E-state index contributed by atoms with van der Waals surface area (Å²) in [6, 6.07) is 8.40. The van der Waals surface area contributed by atoms with Crippen LogP contribution in [0.5, 0.6) is 0 Å². The van der Waals surface area contributed by atoms with Crippen molar-refractivity contribution in [3.8, 4) is 0 Å². The third-order valence-electron chi connectivity index (χ3n) is 4.50. The monoisotopic (exact) mass is 313 g/mol. The number of methoxy groups -OCH3 is 1. The van der Waals surface area contributed by atoms with Crippen molar-refractivity contribution < 1.29 is 9.53 Å². The first-order valence-corrected chi connectivity index (χ1v) is 8.01. The summed E-state index contributed by atoms with van der Waals surface area (Å²) >= 11 is 0.